The van der Waals surface area contributed by atoms with E-state index >= 15 is 0 Å². The monoisotopic (exact) mass is 158 g/mol. The smallest absolute Gasteiger partial charge is 0.221 e. The zero-order valence-corrected chi connectivity index (χ0v) is 6.52. The van der Waals surface area contributed by atoms with Crippen molar-refractivity contribution >= 4 is 17.7 Å². The number of hydrazine groups is 1. The van der Waals surface area contributed by atoms with Gasteiger partial charge in [-0.05, 0) is 29.3 Å². The van der Waals surface area contributed by atoms with E-state index < -0.39 is 0 Å². The highest BCUT2D eigenvalue weighted by atomic mass is 32.1. The second-order valence-electron chi connectivity index (χ2n) is 1.59. The molecule has 0 bridgehead atoms. The van der Waals surface area contributed by atoms with Crippen LogP contribution in [0.1, 0.15) is 5.56 Å². The molecule has 1 aromatic rings. The van der Waals surface area contributed by atoms with Crippen LogP contribution in [0.25, 0.3) is 0 Å². The third-order valence-corrected chi connectivity index (χ3v) is 1.53. The van der Waals surface area contributed by atoms with E-state index in [-0.39, 0.29) is 0 Å². The molecule has 0 aliphatic carbocycles. The molecule has 0 aromatic carbocycles. The average molecular weight is 158 g/mol. The van der Waals surface area contributed by atoms with E-state index in [1.165, 1.54) is 5.56 Å². The van der Waals surface area contributed by atoms with E-state index in [1.807, 2.05) is 0 Å². The highest BCUT2D eigenvalue weighted by Gasteiger charge is 1.74. The lowest BCUT2D eigenvalue weighted by Crippen LogP contribution is -2.18. The van der Waals surface area contributed by atoms with Gasteiger partial charge in [0.25, 0.3) is 0 Å². The van der Waals surface area contributed by atoms with Gasteiger partial charge in [0, 0.05) is 0 Å². The molecule has 0 fully saturated rings. The number of aryl methyl sites for hydroxylation is 1. The van der Waals surface area contributed by atoms with Crippen molar-refractivity contribution in [3.05, 3.63) is 22.4 Å². The van der Waals surface area contributed by atoms with E-state index in [4.69, 9.17) is 4.79 Å². The predicted molar refractivity (Wildman–Crippen MR) is 42.4 cm³/mol. The summed E-state index contributed by atoms with van der Waals surface area (Å²) in [6.07, 6.45) is 0.403. The van der Waals surface area contributed by atoms with Crippen molar-refractivity contribution in [1.29, 1.82) is 0 Å². The van der Waals surface area contributed by atoms with Gasteiger partial charge in [-0.25, -0.2) is 5.84 Å². The SMILES string of the molecule is Cc1ccsc1.NNC=O. The van der Waals surface area contributed by atoms with Crippen LogP contribution in [0.5, 0.6) is 0 Å². The molecule has 0 saturated carbocycles. The number of carbonyl (C=O) groups is 1. The lowest BCUT2D eigenvalue weighted by Gasteiger charge is -1.66. The first-order valence-electron chi connectivity index (χ1n) is 2.70. The topological polar surface area (TPSA) is 55.1 Å². The fourth-order valence-electron chi connectivity index (χ4n) is 0.333. The zero-order valence-electron chi connectivity index (χ0n) is 5.70. The quantitative estimate of drug-likeness (QED) is 0.273. The molecule has 10 heavy (non-hydrogen) atoms. The summed E-state index contributed by atoms with van der Waals surface area (Å²) in [5, 5.41) is 4.20. The molecule has 0 atom stereocenters. The first-order chi connectivity index (χ1) is 4.81. The molecule has 4 heteroatoms. The summed E-state index contributed by atoms with van der Waals surface area (Å²) in [7, 11) is 0. The number of carbonyl (C=O) groups excluding carboxylic acids is 1. The van der Waals surface area contributed by atoms with Gasteiger partial charge >= 0.3 is 0 Å². The largest absolute Gasteiger partial charge is 0.297 e. The predicted octanol–water partition coefficient (Wildman–Crippen LogP) is 0.663. The lowest BCUT2D eigenvalue weighted by atomic mass is 10.4. The Morgan fingerprint density at radius 2 is 2.40 bits per heavy atom. The maximum atomic E-state index is 8.94. The highest BCUT2D eigenvalue weighted by Crippen LogP contribution is 2.01. The summed E-state index contributed by atoms with van der Waals surface area (Å²) in [5.74, 6) is 4.41. The van der Waals surface area contributed by atoms with Gasteiger partial charge in [-0.1, -0.05) is 0 Å². The Morgan fingerprint density at radius 1 is 1.80 bits per heavy atom. The summed E-state index contributed by atoms with van der Waals surface area (Å²) in [6.45, 7) is 2.09. The Kier molecular flexibility index (Phi) is 5.71. The van der Waals surface area contributed by atoms with E-state index in [0.717, 1.165) is 0 Å². The number of nitrogens with two attached hydrogens (primary N) is 1. The molecule has 0 aliphatic heterocycles. The van der Waals surface area contributed by atoms with Crippen LogP contribution in [0.4, 0.5) is 0 Å². The van der Waals surface area contributed by atoms with Gasteiger partial charge in [-0.3, -0.25) is 10.2 Å². The van der Waals surface area contributed by atoms with E-state index in [0.29, 0.717) is 6.41 Å². The van der Waals surface area contributed by atoms with Crippen LogP contribution in [-0.4, -0.2) is 6.41 Å². The van der Waals surface area contributed by atoms with E-state index in [2.05, 4.69) is 29.6 Å². The first-order valence-corrected chi connectivity index (χ1v) is 3.64. The molecule has 0 saturated heterocycles. The maximum absolute atomic E-state index is 8.94. The Labute approximate surface area is 63.8 Å². The molecule has 0 aliphatic rings. The van der Waals surface area contributed by atoms with Gasteiger partial charge < -0.3 is 0 Å². The van der Waals surface area contributed by atoms with Crippen molar-refractivity contribution in [3.63, 3.8) is 0 Å². The fraction of sp³-hybridized carbons (Fsp3) is 0.167. The Hall–Kier alpha value is -0.870. The normalized spacial score (nSPS) is 7.40. The number of hydrogen-bond donors (Lipinski definition) is 2. The van der Waals surface area contributed by atoms with E-state index in [1.54, 1.807) is 16.8 Å². The number of hydrogen-bond acceptors (Lipinski definition) is 3. The number of rotatable bonds is 1. The minimum atomic E-state index is 0.403. The van der Waals surface area contributed by atoms with Crippen molar-refractivity contribution in [3.8, 4) is 0 Å². The molecular weight excluding hydrogens is 148 g/mol. The van der Waals surface area contributed by atoms with Gasteiger partial charge in [-0.15, -0.1) is 0 Å². The molecule has 56 valence electrons. The average Bonchev–Trinajstić information content (AvgIpc) is 2.40. The first kappa shape index (κ1) is 9.13. The molecular formula is C6H10N2OS. The van der Waals surface area contributed by atoms with Crippen LogP contribution >= 0.6 is 11.3 Å². The molecule has 0 radical (unpaired) electrons. The van der Waals surface area contributed by atoms with Gasteiger partial charge in [0.05, 0.1) is 0 Å². The molecule has 1 rings (SSSR count). The minimum absolute atomic E-state index is 0.403. The molecule has 3 N–H and O–H groups in total. The van der Waals surface area contributed by atoms with Crippen molar-refractivity contribution < 1.29 is 4.79 Å². The Morgan fingerprint density at radius 3 is 2.50 bits per heavy atom. The van der Waals surface area contributed by atoms with Crippen LogP contribution < -0.4 is 11.3 Å². The molecule has 3 nitrogen and oxygen atoms in total. The number of thiophene rings is 1. The van der Waals surface area contributed by atoms with Crippen LogP contribution in [0.3, 0.4) is 0 Å². The van der Waals surface area contributed by atoms with Gasteiger partial charge in [0.2, 0.25) is 6.41 Å². The van der Waals surface area contributed by atoms with Crippen LogP contribution in [-0.2, 0) is 4.79 Å². The second-order valence-corrected chi connectivity index (χ2v) is 2.37. The summed E-state index contributed by atoms with van der Waals surface area (Å²) < 4.78 is 0. The lowest BCUT2D eigenvalue weighted by molar-refractivity contribution is -0.109. The van der Waals surface area contributed by atoms with Crippen LogP contribution in [0.15, 0.2) is 16.8 Å². The standard InChI is InChI=1S/C5H6S.CH4N2O/c1-5-2-3-6-4-5;2-3-1-4/h2-4H,1H3;1H,2H2,(H,3,4). The minimum Gasteiger partial charge on any atom is -0.297 e. The number of nitrogens with one attached hydrogen (secondary N) is 1. The molecule has 1 aromatic heterocycles. The Bertz CT molecular complexity index is 162. The summed E-state index contributed by atoms with van der Waals surface area (Å²) in [5.41, 5.74) is 3.11. The summed E-state index contributed by atoms with van der Waals surface area (Å²) >= 11 is 1.74. The zero-order chi connectivity index (χ0) is 7.82. The third kappa shape index (κ3) is 5.27. The van der Waals surface area contributed by atoms with Crippen LogP contribution in [0.2, 0.25) is 0 Å². The van der Waals surface area contributed by atoms with Gasteiger partial charge in [0.15, 0.2) is 0 Å². The maximum Gasteiger partial charge on any atom is 0.221 e. The van der Waals surface area contributed by atoms with E-state index in [9.17, 15) is 0 Å². The number of amides is 1. The fourth-order valence-corrected chi connectivity index (χ4v) is 0.998. The summed E-state index contributed by atoms with van der Waals surface area (Å²) in [6, 6.07) is 2.10. The molecule has 0 spiro atoms. The van der Waals surface area contributed by atoms with Gasteiger partial charge in [0.1, 0.15) is 0 Å². The second kappa shape index (κ2) is 6.25. The molecule has 1 amide bonds. The van der Waals surface area contributed by atoms with Crippen molar-refractivity contribution in [2.45, 2.75) is 6.92 Å². The van der Waals surface area contributed by atoms with Gasteiger partial charge in [-0.2, -0.15) is 11.3 Å². The van der Waals surface area contributed by atoms with Crippen molar-refractivity contribution in [2.24, 2.45) is 5.84 Å². The van der Waals surface area contributed by atoms with Crippen molar-refractivity contribution in [2.75, 3.05) is 0 Å². The summed E-state index contributed by atoms with van der Waals surface area (Å²) in [4.78, 5) is 8.94. The Balaban J connectivity index is 0.000000180. The van der Waals surface area contributed by atoms with Crippen LogP contribution in [0, 0.1) is 6.92 Å². The molecule has 0 unspecified atom stereocenters. The third-order valence-electron chi connectivity index (χ3n) is 0.731. The highest BCUT2D eigenvalue weighted by molar-refractivity contribution is 7.07. The molecule has 1 heterocycles. The van der Waals surface area contributed by atoms with Crippen molar-refractivity contribution in [1.82, 2.24) is 5.43 Å².